The molecule has 2 N–H and O–H groups in total. The van der Waals surface area contributed by atoms with Crippen molar-refractivity contribution in [2.45, 2.75) is 9.10 Å². The first-order valence-corrected chi connectivity index (χ1v) is 14.6. The fourth-order valence-corrected chi connectivity index (χ4v) is 7.42. The number of carbonyl (C=O) groups is 1. The summed E-state index contributed by atoms with van der Waals surface area (Å²) in [6.45, 7) is 1.20. The molecule has 0 atom stereocenters. The summed E-state index contributed by atoms with van der Waals surface area (Å²) in [7, 11) is -7.66. The van der Waals surface area contributed by atoms with Gasteiger partial charge in [0.25, 0.3) is 15.9 Å². The topological polar surface area (TPSA) is 122 Å². The molecular formula is C21H19Cl2N3NaO6S3. The van der Waals surface area contributed by atoms with Crippen molar-refractivity contribution in [2.24, 2.45) is 0 Å². The van der Waals surface area contributed by atoms with E-state index in [1.165, 1.54) is 58.9 Å². The summed E-state index contributed by atoms with van der Waals surface area (Å²) < 4.78 is 60.2. The number of rotatable bonds is 7. The number of hydrogen-bond donors (Lipinski definition) is 2. The fraction of sp³-hybridized carbons (Fsp3) is 0.190. The van der Waals surface area contributed by atoms with Gasteiger partial charge < -0.3 is 10.1 Å². The molecule has 0 saturated carbocycles. The first-order valence-electron chi connectivity index (χ1n) is 10.1. The summed E-state index contributed by atoms with van der Waals surface area (Å²) >= 11 is 12.8. The van der Waals surface area contributed by atoms with E-state index in [1.807, 2.05) is 0 Å². The Balaban J connectivity index is 0.00000361. The van der Waals surface area contributed by atoms with Crippen molar-refractivity contribution < 1.29 is 26.4 Å². The molecule has 187 valence electrons. The number of morpholine rings is 1. The summed E-state index contributed by atoms with van der Waals surface area (Å²) in [5.74, 6) is -0.641. The van der Waals surface area contributed by atoms with Gasteiger partial charge in [0.15, 0.2) is 0 Å². The average Bonchev–Trinajstić information content (AvgIpc) is 3.28. The Labute approximate surface area is 245 Å². The largest absolute Gasteiger partial charge is 0.379 e. The van der Waals surface area contributed by atoms with Crippen LogP contribution < -0.4 is 10.0 Å². The van der Waals surface area contributed by atoms with Gasteiger partial charge in [-0.05, 0) is 54.6 Å². The monoisotopic (exact) mass is 598 g/mol. The van der Waals surface area contributed by atoms with Gasteiger partial charge in [0.1, 0.15) is 4.21 Å². The molecule has 1 radical (unpaired) electrons. The number of hydrogen-bond acceptors (Lipinski definition) is 7. The third-order valence-electron chi connectivity index (χ3n) is 5.00. The number of halogens is 2. The minimum atomic E-state index is -3.99. The van der Waals surface area contributed by atoms with Crippen LogP contribution in [0.5, 0.6) is 0 Å². The predicted molar refractivity (Wildman–Crippen MR) is 141 cm³/mol. The van der Waals surface area contributed by atoms with Gasteiger partial charge in [0.2, 0.25) is 10.0 Å². The third kappa shape index (κ3) is 6.81. The number of sulfonamides is 2. The van der Waals surface area contributed by atoms with Crippen LogP contribution >= 0.6 is 34.5 Å². The maximum atomic E-state index is 13.0. The van der Waals surface area contributed by atoms with Crippen molar-refractivity contribution in [3.8, 4) is 0 Å². The van der Waals surface area contributed by atoms with E-state index in [4.69, 9.17) is 27.9 Å². The van der Waals surface area contributed by atoms with Gasteiger partial charge in [-0.2, -0.15) is 4.31 Å². The fourth-order valence-electron chi connectivity index (χ4n) is 3.28. The van der Waals surface area contributed by atoms with Crippen LogP contribution in [0.3, 0.4) is 0 Å². The SMILES string of the molecule is O=C(Nc1ccc(S(=O)(=O)N2CCOCC2)cc1)c1cc(Cl)ccc1NS(=O)(=O)c1ccc(Cl)s1.[Na]. The van der Waals surface area contributed by atoms with Crippen LogP contribution in [0.25, 0.3) is 0 Å². The maximum absolute atomic E-state index is 13.0. The van der Waals surface area contributed by atoms with Gasteiger partial charge in [0.05, 0.1) is 33.7 Å². The number of nitrogens with one attached hydrogen (secondary N) is 2. The second-order valence-electron chi connectivity index (χ2n) is 7.35. The van der Waals surface area contributed by atoms with Crippen LogP contribution in [-0.4, -0.2) is 82.9 Å². The Morgan fingerprint density at radius 1 is 0.944 bits per heavy atom. The van der Waals surface area contributed by atoms with Crippen LogP contribution in [0.2, 0.25) is 9.36 Å². The first kappa shape index (κ1) is 29.4. The van der Waals surface area contributed by atoms with Crippen molar-refractivity contribution in [3.63, 3.8) is 0 Å². The van der Waals surface area contributed by atoms with E-state index in [0.29, 0.717) is 23.2 Å². The van der Waals surface area contributed by atoms with Gasteiger partial charge in [-0.3, -0.25) is 9.52 Å². The van der Waals surface area contributed by atoms with E-state index in [1.54, 1.807) is 0 Å². The number of ether oxygens (including phenoxy) is 1. The second-order valence-corrected chi connectivity index (χ2v) is 13.3. The van der Waals surface area contributed by atoms with Gasteiger partial charge in [-0.15, -0.1) is 11.3 Å². The van der Waals surface area contributed by atoms with Crippen molar-refractivity contribution in [1.82, 2.24) is 4.31 Å². The molecule has 1 fully saturated rings. The number of thiophene rings is 1. The number of benzene rings is 2. The molecule has 0 bridgehead atoms. The van der Waals surface area contributed by atoms with Crippen LogP contribution in [0.15, 0.2) is 63.7 Å². The number of nitrogens with zero attached hydrogens (tertiary/aromatic N) is 1. The molecule has 0 spiro atoms. The van der Waals surface area contributed by atoms with Crippen molar-refractivity contribution >= 4 is 101 Å². The van der Waals surface area contributed by atoms with Gasteiger partial charge in [-0.25, -0.2) is 16.8 Å². The minimum Gasteiger partial charge on any atom is -0.379 e. The van der Waals surface area contributed by atoms with Gasteiger partial charge in [-0.1, -0.05) is 23.2 Å². The van der Waals surface area contributed by atoms with E-state index in [9.17, 15) is 21.6 Å². The minimum absolute atomic E-state index is 0. The average molecular weight is 599 g/mol. The zero-order valence-electron chi connectivity index (χ0n) is 18.9. The molecule has 1 aliphatic rings. The van der Waals surface area contributed by atoms with E-state index < -0.39 is 26.0 Å². The summed E-state index contributed by atoms with van der Waals surface area (Å²) in [4.78, 5) is 13.1. The van der Waals surface area contributed by atoms with Crippen LogP contribution in [0.1, 0.15) is 10.4 Å². The predicted octanol–water partition coefficient (Wildman–Crippen LogP) is 3.75. The molecule has 1 aliphatic heterocycles. The molecule has 0 unspecified atom stereocenters. The zero-order chi connectivity index (χ0) is 25.2. The maximum Gasteiger partial charge on any atom is 0.271 e. The molecule has 2 aromatic carbocycles. The number of amides is 1. The molecule has 4 rings (SSSR count). The Kier molecular flexibility index (Phi) is 9.88. The first-order chi connectivity index (χ1) is 16.6. The number of anilines is 2. The Morgan fingerprint density at radius 2 is 1.61 bits per heavy atom. The van der Waals surface area contributed by atoms with Crippen LogP contribution in [-0.2, 0) is 24.8 Å². The Hall–Kier alpha value is -1.19. The molecule has 1 aromatic heterocycles. The van der Waals surface area contributed by atoms with Crippen LogP contribution in [0.4, 0.5) is 11.4 Å². The Bertz CT molecular complexity index is 1460. The summed E-state index contributed by atoms with van der Waals surface area (Å²) in [5.41, 5.74) is 0.312. The van der Waals surface area contributed by atoms with E-state index in [-0.39, 0.29) is 68.0 Å². The molecule has 36 heavy (non-hydrogen) atoms. The molecule has 0 aliphatic carbocycles. The standard InChI is InChI=1S/C21H19Cl2N3O6S3.Na/c22-14-1-6-18(25-34(28,29)20-8-7-19(23)33-20)17(13-14)21(27)24-15-2-4-16(5-3-15)35(30,31)26-9-11-32-12-10-26;/h1-8,13,25H,9-12H2,(H,24,27);. The normalized spacial score (nSPS) is 14.6. The molecule has 1 saturated heterocycles. The second kappa shape index (κ2) is 12.1. The van der Waals surface area contributed by atoms with Crippen LogP contribution in [0, 0.1) is 0 Å². The van der Waals surface area contributed by atoms with Crippen molar-refractivity contribution in [1.29, 1.82) is 0 Å². The summed E-state index contributed by atoms with van der Waals surface area (Å²) in [6, 6.07) is 12.7. The molecular weight excluding hydrogens is 580 g/mol. The zero-order valence-corrected chi connectivity index (χ0v) is 24.9. The molecule has 15 heteroatoms. The van der Waals surface area contributed by atoms with E-state index in [0.717, 1.165) is 11.3 Å². The van der Waals surface area contributed by atoms with Gasteiger partial charge in [0, 0.05) is 53.4 Å². The third-order valence-corrected chi connectivity index (χ3v) is 10.2. The smallest absolute Gasteiger partial charge is 0.271 e. The molecule has 2 heterocycles. The van der Waals surface area contributed by atoms with Gasteiger partial charge >= 0.3 is 0 Å². The molecule has 3 aromatic rings. The molecule has 9 nitrogen and oxygen atoms in total. The van der Waals surface area contributed by atoms with E-state index >= 15 is 0 Å². The van der Waals surface area contributed by atoms with Crippen molar-refractivity contribution in [2.75, 3.05) is 36.3 Å². The molecule has 1 amide bonds. The van der Waals surface area contributed by atoms with Crippen molar-refractivity contribution in [3.05, 3.63) is 69.5 Å². The quantitative estimate of drug-likeness (QED) is 0.399. The summed E-state index contributed by atoms with van der Waals surface area (Å²) in [6.07, 6.45) is 0. The number of carbonyl (C=O) groups excluding carboxylic acids is 1. The summed E-state index contributed by atoms with van der Waals surface area (Å²) in [5, 5.41) is 2.86. The van der Waals surface area contributed by atoms with E-state index in [2.05, 4.69) is 10.0 Å². The Morgan fingerprint density at radius 3 is 2.22 bits per heavy atom.